The van der Waals surface area contributed by atoms with Crippen molar-refractivity contribution in [2.75, 3.05) is 13.1 Å². The number of carbonyl (C=O) groups excluding carboxylic acids is 2. The summed E-state index contributed by atoms with van der Waals surface area (Å²) in [6, 6.07) is 0. The zero-order chi connectivity index (χ0) is 13.9. The highest BCUT2D eigenvalue weighted by Crippen LogP contribution is 2.17. The fraction of sp³-hybridized carbons (Fsp3) is 0.750. The summed E-state index contributed by atoms with van der Waals surface area (Å²) in [7, 11) is 0. The fourth-order valence-corrected chi connectivity index (χ4v) is 1.72. The van der Waals surface area contributed by atoms with Crippen molar-refractivity contribution >= 4 is 17.8 Å². The van der Waals surface area contributed by atoms with Gasteiger partial charge in [0.1, 0.15) is 11.4 Å². The van der Waals surface area contributed by atoms with Gasteiger partial charge in [-0.05, 0) is 20.8 Å². The standard InChI is InChI=1S/C12H19NO5/c1-12(2,3)18-11(17)13-5-4-9(14)6-8(7-13)10(15)16/h8H,4-7H2,1-3H3,(H,15,16). The Hall–Kier alpha value is -1.59. The van der Waals surface area contributed by atoms with Crippen molar-refractivity contribution in [1.82, 2.24) is 4.90 Å². The van der Waals surface area contributed by atoms with E-state index in [0.29, 0.717) is 0 Å². The number of ether oxygens (including phenoxy) is 1. The normalized spacial score (nSPS) is 21.4. The number of aliphatic carboxylic acids is 1. The maximum atomic E-state index is 11.8. The average Bonchev–Trinajstić information content (AvgIpc) is 2.37. The minimum atomic E-state index is -1.06. The SMILES string of the molecule is CC(C)(C)OC(=O)N1CCC(=O)CC(C(=O)O)C1. The summed E-state index contributed by atoms with van der Waals surface area (Å²) in [4.78, 5) is 35.5. The van der Waals surface area contributed by atoms with E-state index >= 15 is 0 Å². The predicted molar refractivity (Wildman–Crippen MR) is 63.2 cm³/mol. The molecule has 102 valence electrons. The van der Waals surface area contributed by atoms with Gasteiger partial charge in [0.05, 0.1) is 5.92 Å². The van der Waals surface area contributed by atoms with Gasteiger partial charge in [-0.2, -0.15) is 0 Å². The highest BCUT2D eigenvalue weighted by atomic mass is 16.6. The number of hydrogen-bond donors (Lipinski definition) is 1. The van der Waals surface area contributed by atoms with Crippen LogP contribution < -0.4 is 0 Å². The second kappa shape index (κ2) is 5.37. The van der Waals surface area contributed by atoms with E-state index in [1.807, 2.05) is 0 Å². The molecule has 1 fully saturated rings. The number of ketones is 1. The Kier molecular flexibility index (Phi) is 4.32. The Morgan fingerprint density at radius 3 is 2.50 bits per heavy atom. The van der Waals surface area contributed by atoms with Gasteiger partial charge in [-0.3, -0.25) is 9.59 Å². The number of amides is 1. The molecule has 1 saturated heterocycles. The summed E-state index contributed by atoms with van der Waals surface area (Å²) in [6.45, 7) is 5.46. The van der Waals surface area contributed by atoms with Crippen LogP contribution in [0, 0.1) is 5.92 Å². The molecule has 0 aromatic carbocycles. The lowest BCUT2D eigenvalue weighted by atomic mass is 10.0. The molecule has 0 aliphatic carbocycles. The highest BCUT2D eigenvalue weighted by molar-refractivity contribution is 5.85. The Morgan fingerprint density at radius 2 is 2.00 bits per heavy atom. The molecule has 0 bridgehead atoms. The monoisotopic (exact) mass is 257 g/mol. The molecule has 1 atom stereocenters. The van der Waals surface area contributed by atoms with E-state index in [9.17, 15) is 14.4 Å². The number of carboxylic acid groups (broad SMARTS) is 1. The Morgan fingerprint density at radius 1 is 1.39 bits per heavy atom. The van der Waals surface area contributed by atoms with Crippen LogP contribution in [0.5, 0.6) is 0 Å². The van der Waals surface area contributed by atoms with E-state index in [1.165, 1.54) is 4.90 Å². The summed E-state index contributed by atoms with van der Waals surface area (Å²) in [5.41, 5.74) is -0.633. The van der Waals surface area contributed by atoms with Crippen molar-refractivity contribution < 1.29 is 24.2 Å². The molecule has 0 radical (unpaired) electrons. The Labute approximate surface area is 106 Å². The van der Waals surface area contributed by atoms with Gasteiger partial charge >= 0.3 is 12.1 Å². The zero-order valence-corrected chi connectivity index (χ0v) is 10.9. The number of likely N-dealkylation sites (tertiary alicyclic amines) is 1. The topological polar surface area (TPSA) is 83.9 Å². The molecule has 6 nitrogen and oxygen atoms in total. The summed E-state index contributed by atoms with van der Waals surface area (Å²) in [5, 5.41) is 8.98. The first kappa shape index (κ1) is 14.5. The number of nitrogens with zero attached hydrogens (tertiary/aromatic N) is 1. The van der Waals surface area contributed by atoms with E-state index in [2.05, 4.69) is 0 Å². The minimum Gasteiger partial charge on any atom is -0.481 e. The molecule has 6 heteroatoms. The third-order valence-electron chi connectivity index (χ3n) is 2.58. The maximum absolute atomic E-state index is 11.8. The van der Waals surface area contributed by atoms with Gasteiger partial charge in [0.2, 0.25) is 0 Å². The van der Waals surface area contributed by atoms with Crippen LogP contribution in [0.4, 0.5) is 4.79 Å². The van der Waals surface area contributed by atoms with Crippen LogP contribution in [0.1, 0.15) is 33.6 Å². The van der Waals surface area contributed by atoms with Gasteiger partial charge in [0.15, 0.2) is 0 Å². The van der Waals surface area contributed by atoms with Crippen LogP contribution in [-0.4, -0.2) is 46.5 Å². The van der Waals surface area contributed by atoms with Crippen molar-refractivity contribution in [2.45, 2.75) is 39.2 Å². The van der Waals surface area contributed by atoms with Gasteiger partial charge in [0.25, 0.3) is 0 Å². The largest absolute Gasteiger partial charge is 0.481 e. The van der Waals surface area contributed by atoms with E-state index < -0.39 is 23.6 Å². The average molecular weight is 257 g/mol. The van der Waals surface area contributed by atoms with Crippen LogP contribution in [0.25, 0.3) is 0 Å². The summed E-state index contributed by atoms with van der Waals surface area (Å²) < 4.78 is 5.18. The smallest absolute Gasteiger partial charge is 0.410 e. The molecule has 1 unspecified atom stereocenters. The van der Waals surface area contributed by atoms with Crippen LogP contribution in [0.15, 0.2) is 0 Å². The Balaban J connectivity index is 2.73. The lowest BCUT2D eigenvalue weighted by molar-refractivity contribution is -0.143. The lowest BCUT2D eigenvalue weighted by Crippen LogP contribution is -2.40. The maximum Gasteiger partial charge on any atom is 0.410 e. The molecule has 1 amide bonds. The molecular formula is C12H19NO5. The van der Waals surface area contributed by atoms with E-state index in [0.717, 1.165) is 0 Å². The molecule has 18 heavy (non-hydrogen) atoms. The second-order valence-corrected chi connectivity index (χ2v) is 5.45. The molecule has 1 heterocycles. The quantitative estimate of drug-likeness (QED) is 0.765. The molecular weight excluding hydrogens is 238 g/mol. The summed E-state index contributed by atoms with van der Waals surface area (Å²) in [6.07, 6.45) is -0.402. The third kappa shape index (κ3) is 4.35. The molecule has 1 aliphatic heterocycles. The summed E-state index contributed by atoms with van der Waals surface area (Å²) >= 11 is 0. The zero-order valence-electron chi connectivity index (χ0n) is 10.9. The number of hydrogen-bond acceptors (Lipinski definition) is 4. The Bertz CT molecular complexity index is 358. The first-order valence-corrected chi connectivity index (χ1v) is 5.91. The molecule has 1 rings (SSSR count). The van der Waals surface area contributed by atoms with Crippen molar-refractivity contribution in [3.63, 3.8) is 0 Å². The van der Waals surface area contributed by atoms with Crippen LogP contribution in [0.3, 0.4) is 0 Å². The van der Waals surface area contributed by atoms with Crippen molar-refractivity contribution in [2.24, 2.45) is 5.92 Å². The molecule has 0 aromatic heterocycles. The van der Waals surface area contributed by atoms with Crippen LogP contribution in [0.2, 0.25) is 0 Å². The molecule has 0 spiro atoms. The molecule has 1 N–H and O–H groups in total. The fourth-order valence-electron chi connectivity index (χ4n) is 1.72. The number of Topliss-reactive ketones (excluding diaryl/α,β-unsaturated/α-hetero) is 1. The second-order valence-electron chi connectivity index (χ2n) is 5.45. The van der Waals surface area contributed by atoms with E-state index in [4.69, 9.17) is 9.84 Å². The predicted octanol–water partition coefficient (Wildman–Crippen LogP) is 1.29. The minimum absolute atomic E-state index is 0.0192. The van der Waals surface area contributed by atoms with Crippen molar-refractivity contribution in [3.05, 3.63) is 0 Å². The molecule has 1 aliphatic rings. The van der Waals surface area contributed by atoms with E-state index in [-0.39, 0.29) is 31.7 Å². The number of carboxylic acids is 1. The van der Waals surface area contributed by atoms with Gasteiger partial charge in [-0.25, -0.2) is 4.79 Å². The third-order valence-corrected chi connectivity index (χ3v) is 2.58. The van der Waals surface area contributed by atoms with Crippen molar-refractivity contribution in [1.29, 1.82) is 0 Å². The number of rotatable bonds is 1. The van der Waals surface area contributed by atoms with Gasteiger partial charge in [0, 0.05) is 25.9 Å². The van der Waals surface area contributed by atoms with E-state index in [1.54, 1.807) is 20.8 Å². The highest BCUT2D eigenvalue weighted by Gasteiger charge is 2.32. The lowest BCUT2D eigenvalue weighted by Gasteiger charge is -2.27. The van der Waals surface area contributed by atoms with Crippen LogP contribution in [-0.2, 0) is 14.3 Å². The molecule has 0 saturated carbocycles. The van der Waals surface area contributed by atoms with Crippen molar-refractivity contribution in [3.8, 4) is 0 Å². The van der Waals surface area contributed by atoms with Gasteiger partial charge in [-0.15, -0.1) is 0 Å². The number of carbonyl (C=O) groups is 3. The van der Waals surface area contributed by atoms with Gasteiger partial charge < -0.3 is 14.7 Å². The van der Waals surface area contributed by atoms with Crippen LogP contribution >= 0.6 is 0 Å². The first-order chi connectivity index (χ1) is 8.19. The summed E-state index contributed by atoms with van der Waals surface area (Å²) in [5.74, 6) is -2.03. The first-order valence-electron chi connectivity index (χ1n) is 5.91. The molecule has 0 aromatic rings. The van der Waals surface area contributed by atoms with Gasteiger partial charge in [-0.1, -0.05) is 0 Å².